The molecule has 4 aliphatic rings. The van der Waals surface area contributed by atoms with Gasteiger partial charge in [0.15, 0.2) is 0 Å². The van der Waals surface area contributed by atoms with Gasteiger partial charge in [-0.05, 0) is 37.8 Å². The quantitative estimate of drug-likeness (QED) is 0.820. The summed E-state index contributed by atoms with van der Waals surface area (Å²) in [6, 6.07) is 7.75. The van der Waals surface area contributed by atoms with Crippen molar-refractivity contribution in [1.82, 2.24) is 10.2 Å². The Labute approximate surface area is 140 Å². The molecule has 1 aromatic rings. The van der Waals surface area contributed by atoms with E-state index in [-0.39, 0.29) is 30.0 Å². The van der Waals surface area contributed by atoms with Crippen molar-refractivity contribution in [2.24, 2.45) is 0 Å². The Morgan fingerprint density at radius 3 is 2.92 bits per heavy atom. The van der Waals surface area contributed by atoms with E-state index in [0.717, 1.165) is 37.8 Å². The first-order valence-electron chi connectivity index (χ1n) is 8.81. The van der Waals surface area contributed by atoms with Crippen molar-refractivity contribution in [2.45, 2.75) is 56.0 Å². The number of hydrogen-bond acceptors (Lipinski definition) is 4. The number of anilines is 1. The van der Waals surface area contributed by atoms with E-state index in [9.17, 15) is 9.59 Å². The second-order valence-corrected chi connectivity index (χ2v) is 7.29. The van der Waals surface area contributed by atoms with Crippen LogP contribution in [0.1, 0.15) is 42.5 Å². The number of rotatable bonds is 1. The summed E-state index contributed by atoms with van der Waals surface area (Å²) < 4.78 is 5.61. The van der Waals surface area contributed by atoms with Crippen LogP contribution in [0, 0.1) is 0 Å². The topological polar surface area (TPSA) is 70.7 Å². The summed E-state index contributed by atoms with van der Waals surface area (Å²) in [5.74, 6) is 0.0493. The normalized spacial score (nSPS) is 36.6. The van der Waals surface area contributed by atoms with Gasteiger partial charge in [-0.3, -0.25) is 9.59 Å². The Hall–Kier alpha value is -2.08. The molecule has 3 saturated heterocycles. The number of ether oxygens (including phenoxy) is 1. The lowest BCUT2D eigenvalue weighted by Gasteiger charge is -2.43. The minimum atomic E-state index is -0.539. The summed E-state index contributed by atoms with van der Waals surface area (Å²) in [6.07, 6.45) is 4.14. The van der Waals surface area contributed by atoms with Crippen LogP contribution in [-0.4, -0.2) is 47.2 Å². The number of para-hydroxylation sites is 1. The van der Waals surface area contributed by atoms with E-state index in [1.807, 2.05) is 29.2 Å². The van der Waals surface area contributed by atoms with Crippen LogP contribution in [-0.2, 0) is 9.53 Å². The van der Waals surface area contributed by atoms with Crippen molar-refractivity contribution in [3.63, 3.8) is 0 Å². The van der Waals surface area contributed by atoms with E-state index in [2.05, 4.69) is 10.6 Å². The van der Waals surface area contributed by atoms with Crippen molar-refractivity contribution >= 4 is 17.5 Å². The van der Waals surface area contributed by atoms with E-state index in [1.165, 1.54) is 0 Å². The Bertz CT molecular complexity index is 715. The molecule has 126 valence electrons. The third kappa shape index (κ3) is 1.86. The molecule has 4 atom stereocenters. The van der Waals surface area contributed by atoms with E-state index in [1.54, 1.807) is 0 Å². The third-order valence-corrected chi connectivity index (χ3v) is 5.95. The number of nitrogens with zero attached hydrogens (tertiary/aromatic N) is 1. The molecule has 2 amide bonds. The molecule has 1 spiro atoms. The number of hydrogen-bond donors (Lipinski definition) is 2. The number of amides is 2. The Morgan fingerprint density at radius 2 is 2.08 bits per heavy atom. The fourth-order valence-electron chi connectivity index (χ4n) is 4.95. The van der Waals surface area contributed by atoms with Crippen LogP contribution in [0.3, 0.4) is 0 Å². The van der Waals surface area contributed by atoms with Crippen molar-refractivity contribution in [1.29, 1.82) is 0 Å². The molecule has 4 heterocycles. The summed E-state index contributed by atoms with van der Waals surface area (Å²) in [5.41, 5.74) is 0.990. The van der Waals surface area contributed by atoms with E-state index in [0.29, 0.717) is 12.2 Å². The number of carbonyl (C=O) groups excluding carboxylic acids is 2. The van der Waals surface area contributed by atoms with Crippen molar-refractivity contribution in [2.75, 3.05) is 11.9 Å². The second-order valence-electron chi connectivity index (χ2n) is 7.29. The van der Waals surface area contributed by atoms with E-state index >= 15 is 0 Å². The average Bonchev–Trinajstić information content (AvgIpc) is 3.29. The fourth-order valence-corrected chi connectivity index (χ4v) is 4.95. The van der Waals surface area contributed by atoms with Crippen LogP contribution < -0.4 is 10.6 Å². The Kier molecular flexibility index (Phi) is 2.95. The van der Waals surface area contributed by atoms with Gasteiger partial charge in [-0.15, -0.1) is 0 Å². The van der Waals surface area contributed by atoms with E-state index < -0.39 is 5.66 Å². The molecule has 2 bridgehead atoms. The molecule has 3 fully saturated rings. The standard InChI is InChI=1S/C18H21N3O3/c22-16-12-4-1-2-5-13(12)19-18(20-16)10-11-7-8-15(18)21(11)17(23)14-6-3-9-24-14/h1-2,4-5,11,14-15,19H,3,6-10H2,(H,20,22). The maximum Gasteiger partial charge on any atom is 0.255 e. The summed E-state index contributed by atoms with van der Waals surface area (Å²) in [6.45, 7) is 0.674. The van der Waals surface area contributed by atoms with Crippen molar-refractivity contribution in [3.05, 3.63) is 29.8 Å². The Balaban J connectivity index is 1.47. The second kappa shape index (κ2) is 4.96. The highest BCUT2D eigenvalue weighted by Gasteiger charge is 2.60. The molecule has 2 N–H and O–H groups in total. The average molecular weight is 327 g/mol. The minimum absolute atomic E-state index is 0.00324. The molecule has 6 heteroatoms. The van der Waals surface area contributed by atoms with Gasteiger partial charge in [0, 0.05) is 24.8 Å². The van der Waals surface area contributed by atoms with E-state index in [4.69, 9.17) is 4.74 Å². The monoisotopic (exact) mass is 327 g/mol. The summed E-state index contributed by atoms with van der Waals surface area (Å²) in [7, 11) is 0. The number of benzene rings is 1. The fraction of sp³-hybridized carbons (Fsp3) is 0.556. The number of nitrogens with one attached hydrogen (secondary N) is 2. The highest BCUT2D eigenvalue weighted by Crippen LogP contribution is 2.47. The van der Waals surface area contributed by atoms with Crippen LogP contribution in [0.25, 0.3) is 0 Å². The zero-order valence-electron chi connectivity index (χ0n) is 13.5. The first-order valence-corrected chi connectivity index (χ1v) is 8.81. The van der Waals surface area contributed by atoms with Crippen LogP contribution in [0.4, 0.5) is 5.69 Å². The summed E-state index contributed by atoms with van der Waals surface area (Å²) in [5, 5.41) is 6.71. The highest BCUT2D eigenvalue weighted by atomic mass is 16.5. The summed E-state index contributed by atoms with van der Waals surface area (Å²) in [4.78, 5) is 27.5. The zero-order chi connectivity index (χ0) is 16.3. The van der Waals surface area contributed by atoms with Gasteiger partial charge < -0.3 is 20.3 Å². The minimum Gasteiger partial charge on any atom is -0.368 e. The molecular weight excluding hydrogens is 306 g/mol. The maximum absolute atomic E-state index is 12.9. The van der Waals surface area contributed by atoms with Crippen LogP contribution >= 0.6 is 0 Å². The molecule has 6 nitrogen and oxygen atoms in total. The first kappa shape index (κ1) is 14.3. The molecule has 4 unspecified atom stereocenters. The van der Waals surface area contributed by atoms with Crippen LogP contribution in [0.15, 0.2) is 24.3 Å². The van der Waals surface area contributed by atoms with Gasteiger partial charge in [0.05, 0.1) is 11.6 Å². The lowest BCUT2D eigenvalue weighted by Crippen LogP contribution is -2.64. The predicted molar refractivity (Wildman–Crippen MR) is 87.5 cm³/mol. The first-order chi connectivity index (χ1) is 11.7. The van der Waals surface area contributed by atoms with Crippen molar-refractivity contribution < 1.29 is 14.3 Å². The van der Waals surface area contributed by atoms with Gasteiger partial charge in [-0.25, -0.2) is 0 Å². The molecule has 5 rings (SSSR count). The third-order valence-electron chi connectivity index (χ3n) is 5.95. The molecule has 0 aromatic heterocycles. The Morgan fingerprint density at radius 1 is 1.21 bits per heavy atom. The van der Waals surface area contributed by atoms with Crippen LogP contribution in [0.2, 0.25) is 0 Å². The van der Waals surface area contributed by atoms with Gasteiger partial charge in [-0.2, -0.15) is 0 Å². The lowest BCUT2D eigenvalue weighted by molar-refractivity contribution is -0.142. The lowest BCUT2D eigenvalue weighted by atomic mass is 9.86. The molecule has 24 heavy (non-hydrogen) atoms. The molecule has 0 radical (unpaired) electrons. The van der Waals surface area contributed by atoms with Gasteiger partial charge in [0.2, 0.25) is 0 Å². The van der Waals surface area contributed by atoms with Crippen LogP contribution in [0.5, 0.6) is 0 Å². The maximum atomic E-state index is 12.9. The predicted octanol–water partition coefficient (Wildman–Crippen LogP) is 1.48. The molecule has 0 saturated carbocycles. The smallest absolute Gasteiger partial charge is 0.255 e. The number of carbonyl (C=O) groups is 2. The van der Waals surface area contributed by atoms with Gasteiger partial charge in [0.25, 0.3) is 11.8 Å². The SMILES string of the molecule is O=C1NC2(CC3CCC2N3C(=O)C2CCCO2)Nc2ccccc21. The largest absolute Gasteiger partial charge is 0.368 e. The van der Waals surface area contributed by atoms with Gasteiger partial charge in [0.1, 0.15) is 11.8 Å². The molecule has 4 aliphatic heterocycles. The molecular formula is C18H21N3O3. The number of fused-ring (bicyclic) bond motifs is 4. The van der Waals surface area contributed by atoms with Gasteiger partial charge in [-0.1, -0.05) is 12.1 Å². The highest BCUT2D eigenvalue weighted by molar-refractivity contribution is 6.02. The zero-order valence-corrected chi connectivity index (χ0v) is 13.5. The van der Waals surface area contributed by atoms with Gasteiger partial charge >= 0.3 is 0 Å². The van der Waals surface area contributed by atoms with Crippen molar-refractivity contribution in [3.8, 4) is 0 Å². The molecule has 1 aromatic carbocycles. The molecule has 0 aliphatic carbocycles. The summed E-state index contributed by atoms with van der Waals surface area (Å²) >= 11 is 0.